The lowest BCUT2D eigenvalue weighted by molar-refractivity contribution is -0.121. The van der Waals surface area contributed by atoms with Crippen LogP contribution in [0.25, 0.3) is 0 Å². The van der Waals surface area contributed by atoms with Crippen LogP contribution < -0.4 is 10.1 Å². The van der Waals surface area contributed by atoms with Gasteiger partial charge in [-0.05, 0) is 38.1 Å². The Kier molecular flexibility index (Phi) is 6.04. The molecule has 0 unspecified atom stereocenters. The molecule has 6 nitrogen and oxygen atoms in total. The SMILES string of the molecule is CCN(CC)C1=NC(=O)[C@@H](CC(=O)Nc2ccc(OC)cc2)S1. The first-order valence-corrected chi connectivity index (χ1v) is 8.43. The highest BCUT2D eigenvalue weighted by atomic mass is 32.2. The van der Waals surface area contributed by atoms with Crippen molar-refractivity contribution in [1.82, 2.24) is 4.90 Å². The van der Waals surface area contributed by atoms with Gasteiger partial charge in [-0.15, -0.1) is 0 Å². The van der Waals surface area contributed by atoms with Crippen LogP contribution in [0.15, 0.2) is 29.3 Å². The topological polar surface area (TPSA) is 71.0 Å². The predicted octanol–water partition coefficient (Wildman–Crippen LogP) is 2.36. The number of benzene rings is 1. The van der Waals surface area contributed by atoms with Crippen LogP contribution in [0, 0.1) is 0 Å². The molecule has 0 saturated carbocycles. The van der Waals surface area contributed by atoms with Gasteiger partial charge in [-0.1, -0.05) is 11.8 Å². The third kappa shape index (κ3) is 4.48. The van der Waals surface area contributed by atoms with E-state index >= 15 is 0 Å². The third-order valence-corrected chi connectivity index (χ3v) is 4.72. The molecule has 0 spiro atoms. The number of thioether (sulfide) groups is 1. The lowest BCUT2D eigenvalue weighted by Gasteiger charge is -2.19. The van der Waals surface area contributed by atoms with E-state index in [1.807, 2.05) is 18.7 Å². The second-order valence-corrected chi connectivity index (χ2v) is 6.16. The van der Waals surface area contributed by atoms with Gasteiger partial charge in [0.25, 0.3) is 5.91 Å². The lowest BCUT2D eigenvalue weighted by atomic mass is 10.2. The number of amides is 2. The summed E-state index contributed by atoms with van der Waals surface area (Å²) >= 11 is 1.37. The van der Waals surface area contributed by atoms with E-state index in [1.54, 1.807) is 31.4 Å². The quantitative estimate of drug-likeness (QED) is 0.864. The van der Waals surface area contributed by atoms with E-state index in [-0.39, 0.29) is 18.2 Å². The number of carbonyl (C=O) groups is 2. The molecule has 0 radical (unpaired) electrons. The molecule has 1 heterocycles. The summed E-state index contributed by atoms with van der Waals surface area (Å²) in [7, 11) is 1.59. The highest BCUT2D eigenvalue weighted by molar-refractivity contribution is 8.15. The molecule has 2 amide bonds. The number of hydrogen-bond acceptors (Lipinski definition) is 5. The van der Waals surface area contributed by atoms with Gasteiger partial charge >= 0.3 is 0 Å². The minimum atomic E-state index is -0.441. The molecule has 0 saturated heterocycles. The standard InChI is InChI=1S/C16H21N3O3S/c1-4-19(5-2)16-18-15(21)13(23-16)10-14(20)17-11-6-8-12(22-3)9-7-11/h6-9,13H,4-5,10H2,1-3H3,(H,17,20)/t13-/m1/s1. The van der Waals surface area contributed by atoms with Crippen LogP contribution in [-0.4, -0.2) is 47.3 Å². The Morgan fingerprint density at radius 2 is 1.96 bits per heavy atom. The molecule has 1 aromatic rings. The van der Waals surface area contributed by atoms with Gasteiger partial charge in [0.2, 0.25) is 5.91 Å². The highest BCUT2D eigenvalue weighted by Crippen LogP contribution is 2.27. The molecule has 1 aliphatic rings. The van der Waals surface area contributed by atoms with Crippen LogP contribution >= 0.6 is 11.8 Å². The molecule has 1 aliphatic heterocycles. The van der Waals surface area contributed by atoms with E-state index in [1.165, 1.54) is 11.8 Å². The summed E-state index contributed by atoms with van der Waals surface area (Å²) in [5, 5.41) is 3.06. The maximum atomic E-state index is 12.1. The number of aliphatic imine (C=N–C) groups is 1. The first-order valence-electron chi connectivity index (χ1n) is 7.55. The summed E-state index contributed by atoms with van der Waals surface area (Å²) in [5.74, 6) is 0.292. The van der Waals surface area contributed by atoms with Crippen LogP contribution in [0.1, 0.15) is 20.3 Å². The van der Waals surface area contributed by atoms with Crippen LogP contribution in [0.2, 0.25) is 0 Å². The average molecular weight is 335 g/mol. The summed E-state index contributed by atoms with van der Waals surface area (Å²) in [5.41, 5.74) is 0.677. The van der Waals surface area contributed by atoms with Gasteiger partial charge in [0.1, 0.15) is 11.0 Å². The number of ether oxygens (including phenoxy) is 1. The van der Waals surface area contributed by atoms with E-state index in [0.29, 0.717) is 10.9 Å². The van der Waals surface area contributed by atoms with Crippen molar-refractivity contribution in [3.8, 4) is 5.75 Å². The average Bonchev–Trinajstić information content (AvgIpc) is 2.90. The zero-order valence-corrected chi connectivity index (χ0v) is 14.4. The van der Waals surface area contributed by atoms with Gasteiger partial charge in [0.15, 0.2) is 5.17 Å². The van der Waals surface area contributed by atoms with Gasteiger partial charge in [-0.3, -0.25) is 9.59 Å². The van der Waals surface area contributed by atoms with Gasteiger partial charge < -0.3 is 15.0 Å². The maximum Gasteiger partial charge on any atom is 0.262 e. The van der Waals surface area contributed by atoms with E-state index in [4.69, 9.17) is 4.74 Å². The number of hydrogen-bond donors (Lipinski definition) is 1. The second kappa shape index (κ2) is 8.01. The fraction of sp³-hybridized carbons (Fsp3) is 0.438. The normalized spacial score (nSPS) is 16.9. The molecule has 1 aromatic carbocycles. The summed E-state index contributed by atoms with van der Waals surface area (Å²) in [4.78, 5) is 30.2. The summed E-state index contributed by atoms with van der Waals surface area (Å²) in [6.45, 7) is 5.61. The molecule has 0 fully saturated rings. The zero-order chi connectivity index (χ0) is 16.8. The minimum Gasteiger partial charge on any atom is -0.497 e. The highest BCUT2D eigenvalue weighted by Gasteiger charge is 2.32. The Morgan fingerprint density at radius 3 is 2.52 bits per heavy atom. The smallest absolute Gasteiger partial charge is 0.262 e. The van der Waals surface area contributed by atoms with Crippen molar-refractivity contribution >= 4 is 34.4 Å². The van der Waals surface area contributed by atoms with E-state index < -0.39 is 5.25 Å². The number of amidine groups is 1. The summed E-state index contributed by atoms with van der Waals surface area (Å²) in [6.07, 6.45) is 0.115. The molecular formula is C16H21N3O3S. The monoisotopic (exact) mass is 335 g/mol. The van der Waals surface area contributed by atoms with Crippen LogP contribution in [0.3, 0.4) is 0 Å². The molecule has 0 bridgehead atoms. The second-order valence-electron chi connectivity index (χ2n) is 4.99. The lowest BCUT2D eigenvalue weighted by Crippen LogP contribution is -2.27. The molecule has 124 valence electrons. The summed E-state index contributed by atoms with van der Waals surface area (Å²) < 4.78 is 5.07. The Bertz CT molecular complexity index is 597. The number of nitrogens with zero attached hydrogens (tertiary/aromatic N) is 2. The number of anilines is 1. The fourth-order valence-electron chi connectivity index (χ4n) is 2.19. The van der Waals surface area contributed by atoms with Crippen molar-refractivity contribution in [2.75, 3.05) is 25.5 Å². The largest absolute Gasteiger partial charge is 0.497 e. The maximum absolute atomic E-state index is 12.1. The van der Waals surface area contributed by atoms with Gasteiger partial charge in [0.05, 0.1) is 7.11 Å². The van der Waals surface area contributed by atoms with Crippen LogP contribution in [-0.2, 0) is 9.59 Å². The Hall–Kier alpha value is -2.02. The van der Waals surface area contributed by atoms with E-state index in [9.17, 15) is 9.59 Å². The minimum absolute atomic E-state index is 0.115. The molecule has 23 heavy (non-hydrogen) atoms. The van der Waals surface area contributed by atoms with Crippen LogP contribution in [0.5, 0.6) is 5.75 Å². The Balaban J connectivity index is 1.89. The number of nitrogens with one attached hydrogen (secondary N) is 1. The van der Waals surface area contributed by atoms with Crippen molar-refractivity contribution in [2.24, 2.45) is 4.99 Å². The van der Waals surface area contributed by atoms with Crippen molar-refractivity contribution < 1.29 is 14.3 Å². The molecule has 0 aliphatic carbocycles. The molecular weight excluding hydrogens is 314 g/mol. The molecule has 1 atom stereocenters. The number of methoxy groups -OCH3 is 1. The van der Waals surface area contributed by atoms with E-state index in [2.05, 4.69) is 10.3 Å². The van der Waals surface area contributed by atoms with Gasteiger partial charge in [-0.25, -0.2) is 0 Å². The van der Waals surface area contributed by atoms with Crippen LogP contribution in [0.4, 0.5) is 5.69 Å². The third-order valence-electron chi connectivity index (χ3n) is 3.51. The zero-order valence-electron chi connectivity index (χ0n) is 13.5. The van der Waals surface area contributed by atoms with Gasteiger partial charge in [0, 0.05) is 25.2 Å². The summed E-state index contributed by atoms with van der Waals surface area (Å²) in [6, 6.07) is 7.07. The van der Waals surface area contributed by atoms with E-state index in [0.717, 1.165) is 18.8 Å². The molecule has 7 heteroatoms. The molecule has 1 N–H and O–H groups in total. The molecule has 0 aromatic heterocycles. The first-order chi connectivity index (χ1) is 11.1. The van der Waals surface area contributed by atoms with Crippen molar-refractivity contribution in [2.45, 2.75) is 25.5 Å². The number of rotatable bonds is 6. The number of carbonyl (C=O) groups excluding carboxylic acids is 2. The van der Waals surface area contributed by atoms with Crippen molar-refractivity contribution in [1.29, 1.82) is 0 Å². The van der Waals surface area contributed by atoms with Crippen molar-refractivity contribution in [3.63, 3.8) is 0 Å². The fourth-order valence-corrected chi connectivity index (χ4v) is 3.39. The Labute approximate surface area is 140 Å². The Morgan fingerprint density at radius 1 is 1.30 bits per heavy atom. The van der Waals surface area contributed by atoms with Gasteiger partial charge in [-0.2, -0.15) is 4.99 Å². The first kappa shape index (κ1) is 17.3. The molecule has 2 rings (SSSR count). The van der Waals surface area contributed by atoms with Crippen molar-refractivity contribution in [3.05, 3.63) is 24.3 Å². The predicted molar refractivity (Wildman–Crippen MR) is 93.0 cm³/mol.